The molecule has 0 N–H and O–H groups in total. The lowest BCUT2D eigenvalue weighted by atomic mass is 10.2. The van der Waals surface area contributed by atoms with Crippen molar-refractivity contribution in [1.82, 2.24) is 14.8 Å². The number of hydrogen-bond acceptors (Lipinski definition) is 7. The van der Waals surface area contributed by atoms with Gasteiger partial charge in [-0.15, -0.1) is 22.7 Å². The summed E-state index contributed by atoms with van der Waals surface area (Å²) in [6.07, 6.45) is 1.96. The SMILES string of the molecule is COc1ccc(-c2csc(N(C[C@H]3CCCO3)C(=O)c3cc4c(C)nn(-c5ccccc5)c4s3)n2)cc1. The molecule has 9 heteroatoms. The van der Waals surface area contributed by atoms with E-state index in [1.165, 1.54) is 22.7 Å². The average Bonchev–Trinajstić information content (AvgIpc) is 3.74. The largest absolute Gasteiger partial charge is 0.497 e. The summed E-state index contributed by atoms with van der Waals surface area (Å²) in [5, 5.41) is 8.38. The minimum absolute atomic E-state index is 0.00760. The molecule has 37 heavy (non-hydrogen) atoms. The molecule has 0 saturated carbocycles. The molecule has 4 heterocycles. The van der Waals surface area contributed by atoms with Crippen LogP contribution in [0.1, 0.15) is 28.2 Å². The molecule has 1 amide bonds. The molecule has 1 aliphatic rings. The molecule has 188 valence electrons. The number of carbonyl (C=O) groups excluding carboxylic acids is 1. The molecular weight excluding hydrogens is 504 g/mol. The number of thiazole rings is 1. The van der Waals surface area contributed by atoms with Crippen molar-refractivity contribution in [2.24, 2.45) is 0 Å². The third-order valence-electron chi connectivity index (χ3n) is 6.52. The van der Waals surface area contributed by atoms with Gasteiger partial charge < -0.3 is 9.47 Å². The second-order valence-corrected chi connectivity index (χ2v) is 10.8. The van der Waals surface area contributed by atoms with Crippen LogP contribution in [0.4, 0.5) is 5.13 Å². The molecule has 7 nitrogen and oxygen atoms in total. The van der Waals surface area contributed by atoms with Crippen LogP contribution in [0.5, 0.6) is 5.75 Å². The number of benzene rings is 2. The monoisotopic (exact) mass is 530 g/mol. The van der Waals surface area contributed by atoms with E-state index in [0.717, 1.165) is 58.1 Å². The first-order valence-corrected chi connectivity index (χ1v) is 13.9. The Bertz CT molecular complexity index is 1530. The van der Waals surface area contributed by atoms with Crippen LogP contribution in [0, 0.1) is 6.92 Å². The molecule has 5 aromatic rings. The molecule has 1 saturated heterocycles. The van der Waals surface area contributed by atoms with Crippen molar-refractivity contribution in [1.29, 1.82) is 0 Å². The normalized spacial score (nSPS) is 15.4. The van der Waals surface area contributed by atoms with Gasteiger partial charge in [-0.3, -0.25) is 9.69 Å². The lowest BCUT2D eigenvalue weighted by Crippen LogP contribution is -2.37. The number of methoxy groups -OCH3 is 1. The van der Waals surface area contributed by atoms with Gasteiger partial charge in [0.2, 0.25) is 0 Å². The van der Waals surface area contributed by atoms with Crippen molar-refractivity contribution in [3.05, 3.63) is 76.6 Å². The van der Waals surface area contributed by atoms with Gasteiger partial charge in [0.1, 0.15) is 10.6 Å². The topological polar surface area (TPSA) is 69.5 Å². The number of aromatic nitrogens is 3. The maximum atomic E-state index is 14.0. The summed E-state index contributed by atoms with van der Waals surface area (Å²) in [4.78, 5) is 22.3. The number of para-hydroxylation sites is 1. The Balaban J connectivity index is 1.35. The quantitative estimate of drug-likeness (QED) is 0.245. The summed E-state index contributed by atoms with van der Waals surface area (Å²) < 4.78 is 13.1. The van der Waals surface area contributed by atoms with Crippen LogP contribution < -0.4 is 9.64 Å². The Hall–Kier alpha value is -3.53. The van der Waals surface area contributed by atoms with Gasteiger partial charge in [0, 0.05) is 22.9 Å². The van der Waals surface area contributed by atoms with Crippen molar-refractivity contribution in [3.8, 4) is 22.7 Å². The van der Waals surface area contributed by atoms with Gasteiger partial charge in [-0.2, -0.15) is 5.10 Å². The number of fused-ring (bicyclic) bond motifs is 1. The summed E-state index contributed by atoms with van der Waals surface area (Å²) in [5.74, 6) is 0.731. The molecule has 0 spiro atoms. The molecule has 0 radical (unpaired) electrons. The van der Waals surface area contributed by atoms with Gasteiger partial charge in [0.25, 0.3) is 5.91 Å². The smallest absolute Gasteiger partial charge is 0.270 e. The maximum Gasteiger partial charge on any atom is 0.270 e. The van der Waals surface area contributed by atoms with E-state index in [4.69, 9.17) is 19.6 Å². The van der Waals surface area contributed by atoms with Crippen molar-refractivity contribution in [2.45, 2.75) is 25.9 Å². The second kappa shape index (κ2) is 10.1. The highest BCUT2D eigenvalue weighted by atomic mass is 32.1. The molecule has 1 atom stereocenters. The van der Waals surface area contributed by atoms with E-state index in [2.05, 4.69) is 0 Å². The number of amides is 1. The molecule has 2 aromatic carbocycles. The fourth-order valence-electron chi connectivity index (χ4n) is 4.55. The summed E-state index contributed by atoms with van der Waals surface area (Å²) in [6.45, 7) is 3.19. The third kappa shape index (κ3) is 4.66. The Morgan fingerprint density at radius 1 is 1.19 bits per heavy atom. The number of nitrogens with zero attached hydrogens (tertiary/aromatic N) is 4. The summed E-state index contributed by atoms with van der Waals surface area (Å²) >= 11 is 2.94. The first-order valence-electron chi connectivity index (χ1n) is 12.2. The molecule has 1 fully saturated rings. The maximum absolute atomic E-state index is 14.0. The summed E-state index contributed by atoms with van der Waals surface area (Å²) in [6, 6.07) is 19.8. The summed E-state index contributed by atoms with van der Waals surface area (Å²) in [5.41, 5.74) is 3.69. The second-order valence-electron chi connectivity index (χ2n) is 8.96. The Morgan fingerprint density at radius 2 is 2.00 bits per heavy atom. The van der Waals surface area contributed by atoms with Crippen molar-refractivity contribution in [3.63, 3.8) is 0 Å². The van der Waals surface area contributed by atoms with E-state index >= 15 is 0 Å². The van der Waals surface area contributed by atoms with E-state index in [-0.39, 0.29) is 12.0 Å². The molecule has 0 bridgehead atoms. The summed E-state index contributed by atoms with van der Waals surface area (Å²) in [7, 11) is 1.65. The fraction of sp³-hybridized carbons (Fsp3) is 0.250. The average molecular weight is 531 g/mol. The zero-order valence-electron chi connectivity index (χ0n) is 20.6. The van der Waals surface area contributed by atoms with Crippen LogP contribution in [-0.2, 0) is 4.74 Å². The molecule has 3 aromatic heterocycles. The highest BCUT2D eigenvalue weighted by Crippen LogP contribution is 2.34. The number of aryl methyl sites for hydroxylation is 1. The number of ether oxygens (including phenoxy) is 2. The Labute approximate surface area is 222 Å². The zero-order valence-corrected chi connectivity index (χ0v) is 22.2. The van der Waals surface area contributed by atoms with E-state index in [9.17, 15) is 4.79 Å². The van der Waals surface area contributed by atoms with E-state index in [1.807, 2.05) is 77.6 Å². The molecule has 6 rings (SSSR count). The van der Waals surface area contributed by atoms with Crippen LogP contribution >= 0.6 is 22.7 Å². The van der Waals surface area contributed by atoms with Crippen LogP contribution in [0.3, 0.4) is 0 Å². The van der Waals surface area contributed by atoms with Gasteiger partial charge in [0.15, 0.2) is 5.13 Å². The highest BCUT2D eigenvalue weighted by molar-refractivity contribution is 7.20. The van der Waals surface area contributed by atoms with Crippen molar-refractivity contribution >= 4 is 43.9 Å². The fourth-order valence-corrected chi connectivity index (χ4v) is 6.53. The predicted molar refractivity (Wildman–Crippen MR) is 148 cm³/mol. The third-order valence-corrected chi connectivity index (χ3v) is 8.48. The Kier molecular flexibility index (Phi) is 6.50. The van der Waals surface area contributed by atoms with Crippen molar-refractivity contribution < 1.29 is 14.3 Å². The Morgan fingerprint density at radius 3 is 2.73 bits per heavy atom. The van der Waals surface area contributed by atoms with Crippen LogP contribution in [0.25, 0.3) is 27.2 Å². The predicted octanol–water partition coefficient (Wildman–Crippen LogP) is 6.35. The van der Waals surface area contributed by atoms with E-state index in [1.54, 1.807) is 12.0 Å². The highest BCUT2D eigenvalue weighted by Gasteiger charge is 2.29. The number of rotatable bonds is 7. The lowest BCUT2D eigenvalue weighted by molar-refractivity contribution is 0.0920. The minimum Gasteiger partial charge on any atom is -0.497 e. The van der Waals surface area contributed by atoms with Crippen LogP contribution in [-0.4, -0.2) is 47.0 Å². The standard InChI is InChI=1S/C28H26N4O3S2/c1-18-23-15-25(37-27(23)32(30-18)20-7-4-3-5-8-20)26(33)31(16-22-9-6-14-35-22)28-29-24(17-36-28)19-10-12-21(34-2)13-11-19/h3-5,7-8,10-13,15,17,22H,6,9,14,16H2,1-2H3/t22-/m1/s1. The molecule has 0 aliphatic carbocycles. The van der Waals surface area contributed by atoms with Gasteiger partial charge in [0.05, 0.1) is 41.7 Å². The molecule has 0 unspecified atom stereocenters. The van der Waals surface area contributed by atoms with E-state index < -0.39 is 0 Å². The number of thiophene rings is 1. The molecular formula is C28H26N4O3S2. The number of anilines is 1. The number of carbonyl (C=O) groups is 1. The first-order chi connectivity index (χ1) is 18.1. The first kappa shape index (κ1) is 23.8. The number of hydrogen-bond donors (Lipinski definition) is 0. The van der Waals surface area contributed by atoms with E-state index in [0.29, 0.717) is 16.6 Å². The van der Waals surface area contributed by atoms with Gasteiger partial charge in [-0.05, 0) is 62.2 Å². The lowest BCUT2D eigenvalue weighted by Gasteiger charge is -2.22. The van der Waals surface area contributed by atoms with Gasteiger partial charge >= 0.3 is 0 Å². The minimum atomic E-state index is -0.0636. The van der Waals surface area contributed by atoms with Gasteiger partial charge in [-0.25, -0.2) is 9.67 Å². The van der Waals surface area contributed by atoms with Crippen LogP contribution in [0.15, 0.2) is 66.0 Å². The molecule has 1 aliphatic heterocycles. The van der Waals surface area contributed by atoms with Crippen molar-refractivity contribution in [2.75, 3.05) is 25.2 Å². The van der Waals surface area contributed by atoms with Crippen LogP contribution in [0.2, 0.25) is 0 Å². The zero-order chi connectivity index (χ0) is 25.4. The van der Waals surface area contributed by atoms with Gasteiger partial charge in [-0.1, -0.05) is 18.2 Å².